The molecule has 0 bridgehead atoms. The van der Waals surface area contributed by atoms with Crippen LogP contribution in [0.4, 0.5) is 0 Å². The summed E-state index contributed by atoms with van der Waals surface area (Å²) in [5.74, 6) is -2.28. The predicted octanol–water partition coefficient (Wildman–Crippen LogP) is 1.02. The largest absolute Gasteiger partial charge is 0.480 e. The Kier molecular flexibility index (Phi) is 8.10. The number of nitrogens with zero attached hydrogens (tertiary/aromatic N) is 2. The van der Waals surface area contributed by atoms with Crippen LogP contribution in [-0.2, 0) is 32.1 Å². The molecule has 9 nitrogen and oxygen atoms in total. The number of carbonyl (C=O) groups is 3. The van der Waals surface area contributed by atoms with Gasteiger partial charge in [0.05, 0.1) is 25.3 Å². The summed E-state index contributed by atoms with van der Waals surface area (Å²) >= 11 is 1.44. The van der Waals surface area contributed by atoms with Crippen LogP contribution >= 0.6 is 11.3 Å². The van der Waals surface area contributed by atoms with E-state index in [0.29, 0.717) is 5.69 Å². The number of amides is 2. The molecule has 1 aromatic carbocycles. The monoisotopic (exact) mass is 446 g/mol. The SMILES string of the molecule is NC(=O)CCC(NC(=O)Cc1csc(-c2cccc(CN3CCOCC3)c2)n1)C(=O)O. The van der Waals surface area contributed by atoms with Crippen molar-refractivity contribution in [3.63, 3.8) is 0 Å². The van der Waals surface area contributed by atoms with Gasteiger partial charge < -0.3 is 20.9 Å². The molecule has 0 radical (unpaired) electrons. The molecule has 3 rings (SSSR count). The zero-order valence-corrected chi connectivity index (χ0v) is 17.9. The molecule has 1 saturated heterocycles. The molecule has 1 aromatic heterocycles. The molecule has 2 aromatic rings. The molecule has 4 N–H and O–H groups in total. The maximum Gasteiger partial charge on any atom is 0.326 e. The standard InChI is InChI=1S/C21H26N4O5S/c22-18(26)5-4-17(21(28)29)24-19(27)11-16-13-31-20(23-16)15-3-1-2-14(10-15)12-25-6-8-30-9-7-25/h1-3,10,13,17H,4-9,11-12H2,(H2,22,26)(H,24,27)(H,28,29). The van der Waals surface area contributed by atoms with Gasteiger partial charge in [-0.3, -0.25) is 14.5 Å². The number of carbonyl (C=O) groups excluding carboxylic acids is 2. The number of hydrogen-bond donors (Lipinski definition) is 3. The minimum Gasteiger partial charge on any atom is -0.480 e. The highest BCUT2D eigenvalue weighted by atomic mass is 32.1. The van der Waals surface area contributed by atoms with Crippen molar-refractivity contribution in [2.24, 2.45) is 5.73 Å². The van der Waals surface area contributed by atoms with Gasteiger partial charge >= 0.3 is 5.97 Å². The van der Waals surface area contributed by atoms with Crippen LogP contribution < -0.4 is 11.1 Å². The van der Waals surface area contributed by atoms with Crippen LogP contribution in [0, 0.1) is 0 Å². The average molecular weight is 447 g/mol. The third kappa shape index (κ3) is 7.12. The highest BCUT2D eigenvalue weighted by molar-refractivity contribution is 7.13. The lowest BCUT2D eigenvalue weighted by Crippen LogP contribution is -2.42. The second-order valence-electron chi connectivity index (χ2n) is 7.37. The molecule has 0 spiro atoms. The molecule has 2 heterocycles. The van der Waals surface area contributed by atoms with Gasteiger partial charge in [-0.15, -0.1) is 11.3 Å². The number of carboxylic acids is 1. The van der Waals surface area contributed by atoms with Gasteiger partial charge in [-0.1, -0.05) is 18.2 Å². The molecule has 0 aliphatic carbocycles. The second-order valence-corrected chi connectivity index (χ2v) is 8.23. The maximum atomic E-state index is 12.3. The van der Waals surface area contributed by atoms with E-state index in [1.807, 2.05) is 12.1 Å². The van der Waals surface area contributed by atoms with Crippen LogP contribution in [0.2, 0.25) is 0 Å². The van der Waals surface area contributed by atoms with E-state index in [-0.39, 0.29) is 19.3 Å². The van der Waals surface area contributed by atoms with Crippen LogP contribution in [0.25, 0.3) is 10.6 Å². The number of nitrogens with one attached hydrogen (secondary N) is 1. The first kappa shape index (κ1) is 22.9. The summed E-state index contributed by atoms with van der Waals surface area (Å²) in [6.07, 6.45) is -0.197. The average Bonchev–Trinajstić information content (AvgIpc) is 3.20. The van der Waals surface area contributed by atoms with E-state index in [1.54, 1.807) is 5.38 Å². The molecular formula is C21H26N4O5S. The lowest BCUT2D eigenvalue weighted by atomic mass is 10.1. The number of ether oxygens (including phenoxy) is 1. The van der Waals surface area contributed by atoms with Crippen molar-refractivity contribution in [3.8, 4) is 10.6 Å². The number of carboxylic acid groups (broad SMARTS) is 1. The summed E-state index contributed by atoms with van der Waals surface area (Å²) in [6.45, 7) is 4.18. The minimum atomic E-state index is -1.20. The normalized spacial score (nSPS) is 15.4. The predicted molar refractivity (Wildman–Crippen MR) is 115 cm³/mol. The van der Waals surface area contributed by atoms with E-state index in [0.717, 1.165) is 43.4 Å². The first-order valence-corrected chi connectivity index (χ1v) is 10.9. The van der Waals surface area contributed by atoms with Crippen molar-refractivity contribution in [2.75, 3.05) is 26.3 Å². The number of rotatable bonds is 10. The van der Waals surface area contributed by atoms with Crippen molar-refractivity contribution in [1.29, 1.82) is 0 Å². The summed E-state index contributed by atoms with van der Waals surface area (Å²) in [7, 11) is 0. The highest BCUT2D eigenvalue weighted by Gasteiger charge is 2.21. The third-order valence-corrected chi connectivity index (χ3v) is 5.83. The van der Waals surface area contributed by atoms with Gasteiger partial charge in [0.25, 0.3) is 0 Å². The van der Waals surface area contributed by atoms with Gasteiger partial charge in [0, 0.05) is 37.0 Å². The molecule has 1 fully saturated rings. The van der Waals surface area contributed by atoms with Gasteiger partial charge in [-0.2, -0.15) is 0 Å². The number of thiazole rings is 1. The molecule has 31 heavy (non-hydrogen) atoms. The lowest BCUT2D eigenvalue weighted by Gasteiger charge is -2.26. The number of benzene rings is 1. The Morgan fingerprint density at radius 1 is 1.29 bits per heavy atom. The highest BCUT2D eigenvalue weighted by Crippen LogP contribution is 2.25. The van der Waals surface area contributed by atoms with Gasteiger partial charge in [-0.05, 0) is 18.1 Å². The maximum absolute atomic E-state index is 12.3. The summed E-state index contributed by atoms with van der Waals surface area (Å²) in [6, 6.07) is 7.00. The third-order valence-electron chi connectivity index (χ3n) is 4.89. The molecular weight excluding hydrogens is 420 g/mol. The zero-order chi connectivity index (χ0) is 22.2. The van der Waals surface area contributed by atoms with Crippen LogP contribution in [0.1, 0.15) is 24.1 Å². The molecule has 1 atom stereocenters. The molecule has 2 amide bonds. The van der Waals surface area contributed by atoms with E-state index >= 15 is 0 Å². The van der Waals surface area contributed by atoms with E-state index in [2.05, 4.69) is 27.3 Å². The fraction of sp³-hybridized carbons (Fsp3) is 0.429. The smallest absolute Gasteiger partial charge is 0.326 e. The van der Waals surface area contributed by atoms with Crippen LogP contribution in [-0.4, -0.2) is 65.1 Å². The number of morpholine rings is 1. The van der Waals surface area contributed by atoms with Gasteiger partial charge in [0.2, 0.25) is 11.8 Å². The lowest BCUT2D eigenvalue weighted by molar-refractivity contribution is -0.142. The topological polar surface area (TPSA) is 135 Å². The number of hydrogen-bond acceptors (Lipinski definition) is 7. The molecule has 0 saturated carbocycles. The summed E-state index contributed by atoms with van der Waals surface area (Å²) in [4.78, 5) is 41.3. The van der Waals surface area contributed by atoms with E-state index in [1.165, 1.54) is 16.9 Å². The summed E-state index contributed by atoms with van der Waals surface area (Å²) in [5, 5.41) is 14.2. The Hall–Kier alpha value is -2.82. The van der Waals surface area contributed by atoms with E-state index in [4.69, 9.17) is 10.5 Å². The fourth-order valence-electron chi connectivity index (χ4n) is 3.29. The molecule has 1 unspecified atom stereocenters. The van der Waals surface area contributed by atoms with E-state index < -0.39 is 23.8 Å². The molecule has 10 heteroatoms. The quantitative estimate of drug-likeness (QED) is 0.496. The fourth-order valence-corrected chi connectivity index (χ4v) is 4.11. The number of aromatic nitrogens is 1. The van der Waals surface area contributed by atoms with Gasteiger partial charge in [0.1, 0.15) is 11.0 Å². The van der Waals surface area contributed by atoms with Crippen LogP contribution in [0.5, 0.6) is 0 Å². The number of aliphatic carboxylic acids is 1. The first-order chi connectivity index (χ1) is 14.9. The molecule has 1 aliphatic rings. The Morgan fingerprint density at radius 2 is 2.06 bits per heavy atom. The van der Waals surface area contributed by atoms with Gasteiger partial charge in [0.15, 0.2) is 0 Å². The van der Waals surface area contributed by atoms with Crippen molar-refractivity contribution >= 4 is 29.1 Å². The Balaban J connectivity index is 1.59. The Morgan fingerprint density at radius 3 is 2.77 bits per heavy atom. The first-order valence-electron chi connectivity index (χ1n) is 10.0. The van der Waals surface area contributed by atoms with Crippen molar-refractivity contribution in [1.82, 2.24) is 15.2 Å². The van der Waals surface area contributed by atoms with Crippen molar-refractivity contribution in [3.05, 3.63) is 40.9 Å². The summed E-state index contributed by atoms with van der Waals surface area (Å²) < 4.78 is 5.39. The Bertz CT molecular complexity index is 926. The van der Waals surface area contributed by atoms with Crippen LogP contribution in [0.3, 0.4) is 0 Å². The second kappa shape index (κ2) is 11.0. The minimum absolute atomic E-state index is 0.0374. The molecule has 1 aliphatic heterocycles. The Labute approximate surface area is 184 Å². The number of nitrogens with two attached hydrogens (primary N) is 1. The zero-order valence-electron chi connectivity index (χ0n) is 17.1. The van der Waals surface area contributed by atoms with Gasteiger partial charge in [-0.25, -0.2) is 9.78 Å². The number of primary amides is 1. The van der Waals surface area contributed by atoms with Crippen molar-refractivity contribution in [2.45, 2.75) is 31.8 Å². The molecule has 166 valence electrons. The van der Waals surface area contributed by atoms with E-state index in [9.17, 15) is 19.5 Å². The summed E-state index contributed by atoms with van der Waals surface area (Å²) in [5.41, 5.74) is 7.79. The van der Waals surface area contributed by atoms with Crippen molar-refractivity contribution < 1.29 is 24.2 Å². The van der Waals surface area contributed by atoms with Crippen LogP contribution in [0.15, 0.2) is 29.6 Å².